The van der Waals surface area contributed by atoms with Crippen LogP contribution < -0.4 is 10.2 Å². The highest BCUT2D eigenvalue weighted by Gasteiger charge is 2.23. The molecule has 28 heavy (non-hydrogen) atoms. The van der Waals surface area contributed by atoms with Crippen molar-refractivity contribution in [3.63, 3.8) is 0 Å². The maximum atomic E-state index is 12.9. The van der Waals surface area contributed by atoms with Crippen molar-refractivity contribution in [1.82, 2.24) is 24.8 Å². The molecule has 1 N–H and O–H groups in total. The smallest absolute Gasteiger partial charge is 0.255 e. The predicted octanol–water partition coefficient (Wildman–Crippen LogP) is 1.84. The fraction of sp³-hybridized carbons (Fsp3) is 0.250. The summed E-state index contributed by atoms with van der Waals surface area (Å²) in [5, 5.41) is 3.30. The van der Waals surface area contributed by atoms with Gasteiger partial charge in [0.05, 0.1) is 11.3 Å². The number of rotatable bonds is 5. The van der Waals surface area contributed by atoms with Gasteiger partial charge < -0.3 is 15.1 Å². The first-order valence-electron chi connectivity index (χ1n) is 9.19. The number of nitrogens with zero attached hydrogens (tertiary/aromatic N) is 6. The minimum Gasteiger partial charge on any atom is -0.380 e. The maximum absolute atomic E-state index is 12.9. The molecule has 8 heteroatoms. The van der Waals surface area contributed by atoms with Crippen LogP contribution in [0.5, 0.6) is 0 Å². The summed E-state index contributed by atoms with van der Waals surface area (Å²) in [6.45, 7) is 3.33. The first kappa shape index (κ1) is 17.8. The van der Waals surface area contributed by atoms with Crippen molar-refractivity contribution in [1.29, 1.82) is 0 Å². The number of aromatic nitrogens is 4. The molecule has 0 spiro atoms. The van der Waals surface area contributed by atoms with E-state index in [2.05, 4.69) is 30.2 Å². The van der Waals surface area contributed by atoms with Crippen LogP contribution in [-0.4, -0.2) is 56.9 Å². The number of hydrogen-bond acceptors (Lipinski definition) is 7. The van der Waals surface area contributed by atoms with E-state index in [1.54, 1.807) is 43.2 Å². The van der Waals surface area contributed by atoms with E-state index in [4.69, 9.17) is 0 Å². The highest BCUT2D eigenvalue weighted by molar-refractivity contribution is 5.94. The van der Waals surface area contributed by atoms with Crippen LogP contribution in [-0.2, 0) is 6.54 Å². The molecule has 1 amide bonds. The van der Waals surface area contributed by atoms with E-state index < -0.39 is 0 Å². The maximum Gasteiger partial charge on any atom is 0.255 e. The number of nitrogens with one attached hydrogen (secondary N) is 1. The average molecular weight is 375 g/mol. The van der Waals surface area contributed by atoms with E-state index in [9.17, 15) is 4.79 Å². The minimum atomic E-state index is -0.00584. The third-order valence-electron chi connectivity index (χ3n) is 4.63. The van der Waals surface area contributed by atoms with Crippen LogP contribution in [0.15, 0.2) is 61.4 Å². The second-order valence-corrected chi connectivity index (χ2v) is 6.50. The molecular weight excluding hydrogens is 354 g/mol. The number of pyridine rings is 2. The van der Waals surface area contributed by atoms with Crippen LogP contribution in [0.2, 0.25) is 0 Å². The second-order valence-electron chi connectivity index (χ2n) is 6.50. The molecule has 0 atom stereocenters. The number of anilines is 2. The van der Waals surface area contributed by atoms with Gasteiger partial charge in [0.15, 0.2) is 0 Å². The summed E-state index contributed by atoms with van der Waals surface area (Å²) in [5.41, 5.74) is 2.52. The van der Waals surface area contributed by atoms with E-state index in [0.29, 0.717) is 44.2 Å². The van der Waals surface area contributed by atoms with Crippen molar-refractivity contribution in [2.24, 2.45) is 0 Å². The lowest BCUT2D eigenvalue weighted by Gasteiger charge is -2.34. The van der Waals surface area contributed by atoms with Gasteiger partial charge in [-0.15, -0.1) is 0 Å². The van der Waals surface area contributed by atoms with Crippen molar-refractivity contribution >= 4 is 17.5 Å². The molecule has 1 aliphatic rings. The molecule has 0 aromatic carbocycles. The summed E-state index contributed by atoms with van der Waals surface area (Å²) >= 11 is 0. The molecule has 1 saturated heterocycles. The average Bonchev–Trinajstić information content (AvgIpc) is 2.79. The largest absolute Gasteiger partial charge is 0.380 e. The highest BCUT2D eigenvalue weighted by Crippen LogP contribution is 2.15. The molecule has 3 aromatic heterocycles. The Labute approximate surface area is 163 Å². The van der Waals surface area contributed by atoms with Gasteiger partial charge in [-0.25, -0.2) is 9.97 Å². The molecule has 1 fully saturated rings. The van der Waals surface area contributed by atoms with Gasteiger partial charge in [0.2, 0.25) is 5.95 Å². The van der Waals surface area contributed by atoms with Crippen LogP contribution in [0.4, 0.5) is 11.6 Å². The molecule has 0 bridgehead atoms. The normalized spacial score (nSPS) is 14.0. The molecule has 0 saturated carbocycles. The molecule has 0 unspecified atom stereocenters. The zero-order chi connectivity index (χ0) is 19.2. The van der Waals surface area contributed by atoms with E-state index >= 15 is 0 Å². The van der Waals surface area contributed by atoms with Gasteiger partial charge in [0.25, 0.3) is 5.91 Å². The number of amides is 1. The van der Waals surface area contributed by atoms with Crippen molar-refractivity contribution < 1.29 is 4.79 Å². The molecule has 142 valence electrons. The number of carbonyl (C=O) groups is 1. The number of hydrogen-bond donors (Lipinski definition) is 1. The van der Waals surface area contributed by atoms with Gasteiger partial charge >= 0.3 is 0 Å². The van der Waals surface area contributed by atoms with Crippen LogP contribution in [0.3, 0.4) is 0 Å². The first-order valence-corrected chi connectivity index (χ1v) is 9.19. The lowest BCUT2D eigenvalue weighted by molar-refractivity contribution is 0.0746. The van der Waals surface area contributed by atoms with Gasteiger partial charge in [0.1, 0.15) is 0 Å². The molecule has 4 heterocycles. The number of carbonyl (C=O) groups excluding carboxylic acids is 1. The van der Waals surface area contributed by atoms with E-state index in [1.165, 1.54) is 0 Å². The van der Waals surface area contributed by atoms with Crippen LogP contribution in [0.25, 0.3) is 0 Å². The third-order valence-corrected chi connectivity index (χ3v) is 4.63. The van der Waals surface area contributed by atoms with E-state index in [0.717, 1.165) is 11.3 Å². The fourth-order valence-electron chi connectivity index (χ4n) is 3.10. The van der Waals surface area contributed by atoms with Gasteiger partial charge in [-0.05, 0) is 29.8 Å². The van der Waals surface area contributed by atoms with Gasteiger partial charge in [-0.3, -0.25) is 14.8 Å². The summed E-state index contributed by atoms with van der Waals surface area (Å²) in [6, 6.07) is 7.55. The molecular formula is C20H21N7O. The van der Waals surface area contributed by atoms with Gasteiger partial charge in [0, 0.05) is 69.9 Å². The van der Waals surface area contributed by atoms with Crippen LogP contribution >= 0.6 is 0 Å². The zero-order valence-corrected chi connectivity index (χ0v) is 15.4. The molecule has 3 aromatic rings. The summed E-state index contributed by atoms with van der Waals surface area (Å²) in [6.07, 6.45) is 10.3. The molecule has 4 rings (SSSR count). The zero-order valence-electron chi connectivity index (χ0n) is 15.4. The Morgan fingerprint density at radius 3 is 2.46 bits per heavy atom. The van der Waals surface area contributed by atoms with Crippen molar-refractivity contribution in [2.75, 3.05) is 36.4 Å². The Bertz CT molecular complexity index is 912. The minimum absolute atomic E-state index is 0.00584. The molecule has 0 radical (unpaired) electrons. The lowest BCUT2D eigenvalue weighted by atomic mass is 10.2. The fourth-order valence-corrected chi connectivity index (χ4v) is 3.10. The monoisotopic (exact) mass is 375 g/mol. The van der Waals surface area contributed by atoms with Gasteiger partial charge in [-0.1, -0.05) is 0 Å². The lowest BCUT2D eigenvalue weighted by Crippen LogP contribution is -2.49. The third kappa shape index (κ3) is 4.22. The summed E-state index contributed by atoms with van der Waals surface area (Å²) in [7, 11) is 0. The Morgan fingerprint density at radius 1 is 0.964 bits per heavy atom. The number of piperazine rings is 1. The van der Waals surface area contributed by atoms with Crippen molar-refractivity contribution in [2.45, 2.75) is 6.54 Å². The SMILES string of the molecule is O=C(c1cncc(NCc2ccncc2)c1)N1CCN(c2ncccn2)CC1. The topological polar surface area (TPSA) is 87.1 Å². The standard InChI is InChI=1S/C20H21N7O/c28-19(26-8-10-27(11-9-26)20-23-4-1-5-24-20)17-12-18(15-22-14-17)25-13-16-2-6-21-7-3-16/h1-7,12,14-15,25H,8-11,13H2. The Balaban J connectivity index is 1.36. The van der Waals surface area contributed by atoms with Crippen LogP contribution in [0, 0.1) is 0 Å². The Hall–Kier alpha value is -3.55. The summed E-state index contributed by atoms with van der Waals surface area (Å²) in [4.78, 5) is 33.6. The second kappa shape index (κ2) is 8.43. The highest BCUT2D eigenvalue weighted by atomic mass is 16.2. The van der Waals surface area contributed by atoms with Crippen LogP contribution in [0.1, 0.15) is 15.9 Å². The van der Waals surface area contributed by atoms with Gasteiger partial charge in [-0.2, -0.15) is 0 Å². The molecule has 8 nitrogen and oxygen atoms in total. The summed E-state index contributed by atoms with van der Waals surface area (Å²) < 4.78 is 0. The molecule has 0 aliphatic carbocycles. The van der Waals surface area contributed by atoms with E-state index in [1.807, 2.05) is 23.1 Å². The predicted molar refractivity (Wildman–Crippen MR) is 106 cm³/mol. The molecule has 1 aliphatic heterocycles. The summed E-state index contributed by atoms with van der Waals surface area (Å²) in [5.74, 6) is 0.701. The van der Waals surface area contributed by atoms with Crippen molar-refractivity contribution in [3.05, 3.63) is 72.6 Å². The Morgan fingerprint density at radius 2 is 1.71 bits per heavy atom. The Kier molecular flexibility index (Phi) is 5.37. The first-order chi connectivity index (χ1) is 13.8. The van der Waals surface area contributed by atoms with E-state index in [-0.39, 0.29) is 5.91 Å². The van der Waals surface area contributed by atoms with Crippen molar-refractivity contribution in [3.8, 4) is 0 Å². The quantitative estimate of drug-likeness (QED) is 0.728.